The van der Waals surface area contributed by atoms with E-state index in [1.165, 1.54) is 37.6 Å². The van der Waals surface area contributed by atoms with E-state index in [1.54, 1.807) is 13.0 Å². The third-order valence-electron chi connectivity index (χ3n) is 3.79. The molecule has 2 aromatic rings. The van der Waals surface area contributed by atoms with E-state index in [4.69, 9.17) is 10.00 Å². The largest absolute Gasteiger partial charge is 0.465 e. The number of rotatable bonds is 6. The fourth-order valence-corrected chi connectivity index (χ4v) is 2.38. The lowest BCUT2D eigenvalue weighted by atomic mass is 9.99. The van der Waals surface area contributed by atoms with Crippen molar-refractivity contribution in [2.75, 3.05) is 12.4 Å². The number of carbonyl (C=O) groups excluding carboxylic acids is 3. The quantitative estimate of drug-likeness (QED) is 0.476. The van der Waals surface area contributed by atoms with Crippen molar-refractivity contribution in [2.24, 2.45) is 5.92 Å². The van der Waals surface area contributed by atoms with E-state index in [9.17, 15) is 18.8 Å². The molecule has 0 fully saturated rings. The third-order valence-corrected chi connectivity index (χ3v) is 3.79. The number of nitrogens with zero attached hydrogens (tertiary/aromatic N) is 2. The Morgan fingerprint density at radius 2 is 2.04 bits per heavy atom. The Hall–Kier alpha value is -3.60. The smallest absolute Gasteiger partial charge is 0.338 e. The highest BCUT2D eigenvalue weighted by molar-refractivity contribution is 6.10. The van der Waals surface area contributed by atoms with Crippen LogP contribution in [-0.4, -0.2) is 29.8 Å². The lowest BCUT2D eigenvalue weighted by Gasteiger charge is -2.13. The second-order valence-corrected chi connectivity index (χ2v) is 5.49. The van der Waals surface area contributed by atoms with Gasteiger partial charge in [0.2, 0.25) is 11.9 Å². The summed E-state index contributed by atoms with van der Waals surface area (Å²) < 4.78 is 17.8. The standard InChI is InChI=1S/C19H16FN3O4/c1-3-16(24)15(9-21)18(25)23-12-5-6-13(14(8-12)19(26)27-2)11-4-7-17(20)22-10-11/h4-8,10,15H,3H2,1-2H3,(H,23,25). The predicted octanol–water partition coefficient (Wildman–Crippen LogP) is 2.73. The summed E-state index contributed by atoms with van der Waals surface area (Å²) in [7, 11) is 1.20. The number of nitrogens with one attached hydrogen (secondary N) is 1. The molecule has 1 amide bonds. The molecule has 1 aromatic carbocycles. The minimum atomic E-state index is -1.43. The van der Waals surface area contributed by atoms with E-state index in [-0.39, 0.29) is 17.7 Å². The predicted molar refractivity (Wildman–Crippen MR) is 94.0 cm³/mol. The molecule has 0 saturated carbocycles. The van der Waals surface area contributed by atoms with E-state index in [1.807, 2.05) is 0 Å². The minimum absolute atomic E-state index is 0.0512. The topological polar surface area (TPSA) is 109 Å². The summed E-state index contributed by atoms with van der Waals surface area (Å²) in [5, 5.41) is 11.5. The molecule has 0 aliphatic heterocycles. The van der Waals surface area contributed by atoms with Gasteiger partial charge in [0.1, 0.15) is 0 Å². The van der Waals surface area contributed by atoms with Crippen molar-refractivity contribution in [3.8, 4) is 17.2 Å². The van der Waals surface area contributed by atoms with Crippen molar-refractivity contribution < 1.29 is 23.5 Å². The summed E-state index contributed by atoms with van der Waals surface area (Å²) in [6.07, 6.45) is 1.32. The number of Topliss-reactive ketones (excluding diaryl/α,β-unsaturated/α-hetero) is 1. The lowest BCUT2D eigenvalue weighted by molar-refractivity contribution is -0.128. The molecule has 0 bridgehead atoms. The minimum Gasteiger partial charge on any atom is -0.465 e. The number of nitriles is 1. The van der Waals surface area contributed by atoms with Gasteiger partial charge in [-0.05, 0) is 29.8 Å². The summed E-state index contributed by atoms with van der Waals surface area (Å²) in [5.41, 5.74) is 1.22. The Kier molecular flexibility index (Phi) is 6.33. The number of halogens is 1. The van der Waals surface area contributed by atoms with Crippen LogP contribution in [0.3, 0.4) is 0 Å². The zero-order valence-electron chi connectivity index (χ0n) is 14.7. The van der Waals surface area contributed by atoms with Gasteiger partial charge in [0, 0.05) is 23.9 Å². The number of ether oxygens (including phenoxy) is 1. The molecule has 0 saturated heterocycles. The van der Waals surface area contributed by atoms with Crippen LogP contribution < -0.4 is 5.32 Å². The first-order valence-corrected chi connectivity index (χ1v) is 7.98. The summed E-state index contributed by atoms with van der Waals surface area (Å²) in [6, 6.07) is 8.65. The van der Waals surface area contributed by atoms with Crippen LogP contribution in [0.15, 0.2) is 36.5 Å². The molecule has 0 radical (unpaired) electrons. The van der Waals surface area contributed by atoms with Crippen LogP contribution in [0.5, 0.6) is 0 Å². The molecule has 1 aromatic heterocycles. The molecule has 1 heterocycles. The maximum atomic E-state index is 13.0. The second-order valence-electron chi connectivity index (χ2n) is 5.49. The number of hydrogen-bond acceptors (Lipinski definition) is 6. The number of anilines is 1. The van der Waals surface area contributed by atoms with Gasteiger partial charge in [0.15, 0.2) is 11.7 Å². The molecule has 138 valence electrons. The maximum Gasteiger partial charge on any atom is 0.338 e. The van der Waals surface area contributed by atoms with Gasteiger partial charge in [0.25, 0.3) is 0 Å². The third kappa shape index (κ3) is 4.52. The average molecular weight is 369 g/mol. The molecule has 8 heteroatoms. The van der Waals surface area contributed by atoms with Crippen LogP contribution >= 0.6 is 0 Å². The molecule has 1 N–H and O–H groups in total. The van der Waals surface area contributed by atoms with Crippen LogP contribution in [0, 0.1) is 23.2 Å². The highest BCUT2D eigenvalue weighted by Crippen LogP contribution is 2.27. The summed E-state index contributed by atoms with van der Waals surface area (Å²) in [6.45, 7) is 1.56. The van der Waals surface area contributed by atoms with Crippen molar-refractivity contribution in [2.45, 2.75) is 13.3 Å². The van der Waals surface area contributed by atoms with Crippen molar-refractivity contribution in [1.29, 1.82) is 5.26 Å². The van der Waals surface area contributed by atoms with Crippen molar-refractivity contribution in [3.63, 3.8) is 0 Å². The molecule has 27 heavy (non-hydrogen) atoms. The molecular weight excluding hydrogens is 353 g/mol. The first kappa shape index (κ1) is 19.7. The molecule has 7 nitrogen and oxygen atoms in total. The Morgan fingerprint density at radius 1 is 1.30 bits per heavy atom. The number of carbonyl (C=O) groups is 3. The summed E-state index contributed by atoms with van der Waals surface area (Å²) in [4.78, 5) is 39.5. The number of benzene rings is 1. The molecule has 0 aliphatic carbocycles. The first-order chi connectivity index (χ1) is 12.9. The number of aromatic nitrogens is 1. The van der Waals surface area contributed by atoms with Crippen molar-refractivity contribution in [3.05, 3.63) is 48.0 Å². The fourth-order valence-electron chi connectivity index (χ4n) is 2.38. The van der Waals surface area contributed by atoms with Gasteiger partial charge in [-0.3, -0.25) is 9.59 Å². The van der Waals surface area contributed by atoms with Gasteiger partial charge in [0.05, 0.1) is 18.7 Å². The molecule has 0 aliphatic rings. The van der Waals surface area contributed by atoms with Gasteiger partial charge >= 0.3 is 5.97 Å². The highest BCUT2D eigenvalue weighted by Gasteiger charge is 2.25. The van der Waals surface area contributed by atoms with Gasteiger partial charge in [-0.15, -0.1) is 0 Å². The monoisotopic (exact) mass is 369 g/mol. The molecule has 2 rings (SSSR count). The van der Waals surface area contributed by atoms with Crippen LogP contribution in [-0.2, 0) is 14.3 Å². The Balaban J connectivity index is 2.39. The van der Waals surface area contributed by atoms with Crippen LogP contribution in [0.4, 0.5) is 10.1 Å². The van der Waals surface area contributed by atoms with Gasteiger partial charge < -0.3 is 10.1 Å². The van der Waals surface area contributed by atoms with Crippen LogP contribution in [0.25, 0.3) is 11.1 Å². The summed E-state index contributed by atoms with van der Waals surface area (Å²) in [5.74, 6) is -4.05. The summed E-state index contributed by atoms with van der Waals surface area (Å²) >= 11 is 0. The van der Waals surface area contributed by atoms with E-state index in [2.05, 4.69) is 10.3 Å². The molecule has 0 spiro atoms. The Morgan fingerprint density at radius 3 is 2.59 bits per heavy atom. The Labute approximate surface area is 154 Å². The highest BCUT2D eigenvalue weighted by atomic mass is 19.1. The number of amides is 1. The number of ketones is 1. The molecular formula is C19H16FN3O4. The van der Waals surface area contributed by atoms with Crippen molar-refractivity contribution >= 4 is 23.3 Å². The SMILES string of the molecule is CCC(=O)C(C#N)C(=O)Nc1ccc(-c2ccc(F)nc2)c(C(=O)OC)c1. The van der Waals surface area contributed by atoms with Crippen LogP contribution in [0.2, 0.25) is 0 Å². The number of esters is 1. The lowest BCUT2D eigenvalue weighted by Crippen LogP contribution is -2.28. The van der Waals surface area contributed by atoms with Gasteiger partial charge in [-0.25, -0.2) is 9.78 Å². The van der Waals surface area contributed by atoms with E-state index in [0.29, 0.717) is 11.1 Å². The maximum absolute atomic E-state index is 13.0. The molecule has 1 atom stereocenters. The number of hydrogen-bond donors (Lipinski definition) is 1. The number of methoxy groups -OCH3 is 1. The number of pyridine rings is 1. The second kappa shape index (κ2) is 8.67. The molecule has 1 unspecified atom stereocenters. The van der Waals surface area contributed by atoms with E-state index >= 15 is 0 Å². The average Bonchev–Trinajstić information content (AvgIpc) is 2.68. The van der Waals surface area contributed by atoms with Crippen molar-refractivity contribution in [1.82, 2.24) is 4.98 Å². The van der Waals surface area contributed by atoms with E-state index in [0.717, 1.165) is 6.07 Å². The zero-order chi connectivity index (χ0) is 20.0. The zero-order valence-corrected chi connectivity index (χ0v) is 14.7. The normalized spacial score (nSPS) is 11.2. The van der Waals surface area contributed by atoms with Crippen LogP contribution in [0.1, 0.15) is 23.7 Å². The first-order valence-electron chi connectivity index (χ1n) is 7.98. The Bertz CT molecular complexity index is 920. The fraction of sp³-hybridized carbons (Fsp3) is 0.211. The van der Waals surface area contributed by atoms with Gasteiger partial charge in [-0.1, -0.05) is 13.0 Å². The van der Waals surface area contributed by atoms with Gasteiger partial charge in [-0.2, -0.15) is 9.65 Å². The van der Waals surface area contributed by atoms with E-state index < -0.39 is 29.5 Å².